The third-order valence-corrected chi connectivity index (χ3v) is 1.15. The van der Waals surface area contributed by atoms with Gasteiger partial charge in [-0.1, -0.05) is 0 Å². The molecular weight excluding hydrogens is 193 g/mol. The Hall–Kier alpha value is -0.860. The smallest absolute Gasteiger partial charge is 0.395 e. The molecule has 8 heteroatoms. The predicted molar refractivity (Wildman–Crippen MR) is 35.3 cm³/mol. The van der Waals surface area contributed by atoms with E-state index in [9.17, 15) is 18.0 Å². The molecule has 0 aromatic carbocycles. The number of aliphatic hydroxyl groups is 2. The molecule has 0 heterocycles. The Bertz CT molecular complexity index is 184. The normalized spacial score (nSPS) is 16.5. The van der Waals surface area contributed by atoms with Gasteiger partial charge in [-0.05, 0) is 0 Å². The number of rotatable bonds is 3. The van der Waals surface area contributed by atoms with Crippen molar-refractivity contribution in [3.63, 3.8) is 0 Å². The fourth-order valence-corrected chi connectivity index (χ4v) is 0.423. The second-order valence-electron chi connectivity index (χ2n) is 2.26. The van der Waals surface area contributed by atoms with E-state index in [-0.39, 0.29) is 0 Å². The summed E-state index contributed by atoms with van der Waals surface area (Å²) in [4.78, 5) is 10.2. The molecular formula is C5H9F3N2O3. The molecule has 5 nitrogen and oxygen atoms in total. The Morgan fingerprint density at radius 2 is 2.00 bits per heavy atom. The van der Waals surface area contributed by atoms with E-state index in [4.69, 9.17) is 15.9 Å². The first-order chi connectivity index (χ1) is 5.79. The van der Waals surface area contributed by atoms with Crippen LogP contribution in [-0.4, -0.2) is 41.2 Å². The van der Waals surface area contributed by atoms with Gasteiger partial charge in [-0.3, -0.25) is 4.79 Å². The molecule has 0 aromatic rings. The zero-order chi connectivity index (χ0) is 10.6. The molecule has 0 saturated carbocycles. The summed E-state index contributed by atoms with van der Waals surface area (Å²) in [6, 6.07) is -1.34. The van der Waals surface area contributed by atoms with Crippen LogP contribution in [0.5, 0.6) is 0 Å². The highest BCUT2D eigenvalue weighted by Gasteiger charge is 2.40. The number of halogens is 3. The van der Waals surface area contributed by atoms with Crippen molar-refractivity contribution in [2.75, 3.05) is 6.61 Å². The molecule has 78 valence electrons. The minimum atomic E-state index is -5.07. The second kappa shape index (κ2) is 4.40. The average Bonchev–Trinajstić information content (AvgIpc) is 2.01. The quantitative estimate of drug-likeness (QED) is 0.410. The zero-order valence-corrected chi connectivity index (χ0v) is 6.38. The summed E-state index contributed by atoms with van der Waals surface area (Å²) >= 11 is 0. The van der Waals surface area contributed by atoms with E-state index in [1.54, 1.807) is 0 Å². The van der Waals surface area contributed by atoms with E-state index in [0.29, 0.717) is 0 Å². The molecule has 0 spiro atoms. The van der Waals surface area contributed by atoms with Crippen LogP contribution in [0, 0.1) is 0 Å². The van der Waals surface area contributed by atoms with Gasteiger partial charge in [-0.15, -0.1) is 0 Å². The molecule has 0 fully saturated rings. The number of alkyl halides is 3. The van der Waals surface area contributed by atoms with Crippen molar-refractivity contribution in [3.05, 3.63) is 0 Å². The lowest BCUT2D eigenvalue weighted by molar-refractivity contribution is -0.177. The first-order valence-electron chi connectivity index (χ1n) is 3.21. The monoisotopic (exact) mass is 202 g/mol. The van der Waals surface area contributed by atoms with Crippen LogP contribution in [0.1, 0.15) is 0 Å². The van der Waals surface area contributed by atoms with Gasteiger partial charge in [-0.25, -0.2) is 0 Å². The number of nitrogens with one attached hydrogen (secondary N) is 1. The predicted octanol–water partition coefficient (Wildman–Crippen LogP) is -1.70. The first kappa shape index (κ1) is 12.1. The van der Waals surface area contributed by atoms with Crippen LogP contribution in [-0.2, 0) is 4.79 Å². The average molecular weight is 202 g/mol. The van der Waals surface area contributed by atoms with Gasteiger partial charge in [0.1, 0.15) is 6.23 Å². The molecule has 0 aliphatic carbocycles. The van der Waals surface area contributed by atoms with Crippen molar-refractivity contribution in [1.82, 2.24) is 5.32 Å². The molecule has 1 unspecified atom stereocenters. The molecule has 0 aromatic heterocycles. The third kappa shape index (κ3) is 4.06. The lowest BCUT2D eigenvalue weighted by Gasteiger charge is -2.18. The Kier molecular flexibility index (Phi) is 4.11. The maximum Gasteiger partial charge on any atom is 0.471 e. The van der Waals surface area contributed by atoms with Crippen LogP contribution < -0.4 is 11.1 Å². The molecule has 0 aliphatic heterocycles. The van der Waals surface area contributed by atoms with Gasteiger partial charge < -0.3 is 21.3 Å². The molecule has 0 rings (SSSR count). The Labute approximate surface area is 71.3 Å². The summed E-state index contributed by atoms with van der Waals surface area (Å²) < 4.78 is 34.7. The molecule has 0 bridgehead atoms. The first-order valence-corrected chi connectivity index (χ1v) is 3.21. The van der Waals surface area contributed by atoms with Gasteiger partial charge in [-0.2, -0.15) is 13.2 Å². The molecule has 1 amide bonds. The van der Waals surface area contributed by atoms with Crippen LogP contribution in [0.25, 0.3) is 0 Å². The van der Waals surface area contributed by atoms with E-state index < -0.39 is 31.0 Å². The Morgan fingerprint density at radius 3 is 2.31 bits per heavy atom. The molecule has 0 radical (unpaired) electrons. The topological polar surface area (TPSA) is 95.6 Å². The van der Waals surface area contributed by atoms with E-state index >= 15 is 0 Å². The van der Waals surface area contributed by atoms with Crippen molar-refractivity contribution >= 4 is 5.91 Å². The number of aliphatic hydroxyl groups excluding tert-OH is 2. The largest absolute Gasteiger partial charge is 0.471 e. The molecule has 13 heavy (non-hydrogen) atoms. The minimum absolute atomic E-state index is 0.737. The Morgan fingerprint density at radius 1 is 1.54 bits per heavy atom. The van der Waals surface area contributed by atoms with Gasteiger partial charge in [0.25, 0.3) is 0 Å². The number of carbonyl (C=O) groups is 1. The summed E-state index contributed by atoms with van der Waals surface area (Å²) in [6.07, 6.45) is -6.99. The van der Waals surface area contributed by atoms with Crippen LogP contribution in [0.3, 0.4) is 0 Å². The number of hydrogen-bond donors (Lipinski definition) is 4. The lowest BCUT2D eigenvalue weighted by atomic mass is 10.3. The number of hydrogen-bond acceptors (Lipinski definition) is 4. The van der Waals surface area contributed by atoms with E-state index in [2.05, 4.69) is 0 Å². The molecule has 0 aliphatic rings. The van der Waals surface area contributed by atoms with Crippen LogP contribution in [0.4, 0.5) is 13.2 Å². The summed E-state index contributed by atoms with van der Waals surface area (Å²) in [5.41, 5.74) is 4.93. The number of carbonyl (C=O) groups excluding carboxylic acids is 1. The van der Waals surface area contributed by atoms with Crippen molar-refractivity contribution < 1.29 is 28.2 Å². The zero-order valence-electron chi connectivity index (χ0n) is 6.38. The highest BCUT2D eigenvalue weighted by molar-refractivity contribution is 5.81. The van der Waals surface area contributed by atoms with Gasteiger partial charge >= 0.3 is 12.1 Å². The van der Waals surface area contributed by atoms with Gasteiger partial charge in [0, 0.05) is 0 Å². The van der Waals surface area contributed by atoms with Crippen LogP contribution in [0.15, 0.2) is 0 Å². The van der Waals surface area contributed by atoms with Gasteiger partial charge in [0.2, 0.25) is 0 Å². The molecule has 0 saturated heterocycles. The van der Waals surface area contributed by atoms with E-state index in [0.717, 1.165) is 0 Å². The summed E-state index contributed by atoms with van der Waals surface area (Å²) in [5, 5.41) is 18.2. The summed E-state index contributed by atoms with van der Waals surface area (Å²) in [6.45, 7) is -0.737. The van der Waals surface area contributed by atoms with Crippen LogP contribution >= 0.6 is 0 Å². The van der Waals surface area contributed by atoms with Gasteiger partial charge in [0.15, 0.2) is 0 Å². The fraction of sp³-hybridized carbons (Fsp3) is 0.800. The highest BCUT2D eigenvalue weighted by Crippen LogP contribution is 2.14. The highest BCUT2D eigenvalue weighted by atomic mass is 19.4. The van der Waals surface area contributed by atoms with E-state index in [1.807, 2.05) is 0 Å². The van der Waals surface area contributed by atoms with E-state index in [1.165, 1.54) is 5.32 Å². The summed E-state index contributed by atoms with van der Waals surface area (Å²) in [7, 11) is 0. The molecule has 5 N–H and O–H groups in total. The number of nitrogens with two attached hydrogens (primary N) is 1. The van der Waals surface area contributed by atoms with Crippen molar-refractivity contribution in [1.29, 1.82) is 0 Å². The van der Waals surface area contributed by atoms with Gasteiger partial charge in [0.05, 0.1) is 12.6 Å². The van der Waals surface area contributed by atoms with Crippen LogP contribution in [0.2, 0.25) is 0 Å². The standard InChI is InChI=1S/C5H9F3N2O3/c6-5(7,8)4(13)10-3(12)2(9)1-11/h2-3,11-12H,1,9H2,(H,10,13)/t2-,3?/m0/s1. The SMILES string of the molecule is N[C@@H](CO)C(O)NC(=O)C(F)(F)F. The second-order valence-corrected chi connectivity index (χ2v) is 2.26. The third-order valence-electron chi connectivity index (χ3n) is 1.15. The Balaban J connectivity index is 4.07. The van der Waals surface area contributed by atoms with Crippen molar-refractivity contribution in [3.8, 4) is 0 Å². The summed E-state index contributed by atoms with van der Waals surface area (Å²) in [5.74, 6) is -2.30. The fourth-order valence-electron chi connectivity index (χ4n) is 0.423. The minimum Gasteiger partial charge on any atom is -0.395 e. The maximum atomic E-state index is 11.6. The maximum absolute atomic E-state index is 11.6. The number of amides is 1. The molecule has 2 atom stereocenters. The van der Waals surface area contributed by atoms with Crippen molar-refractivity contribution in [2.45, 2.75) is 18.4 Å². The van der Waals surface area contributed by atoms with Crippen molar-refractivity contribution in [2.24, 2.45) is 5.73 Å². The lowest BCUT2D eigenvalue weighted by Crippen LogP contribution is -2.52.